The molecule has 3 heterocycles. The Labute approximate surface area is 241 Å². The monoisotopic (exact) mass is 574 g/mol. The first-order chi connectivity index (χ1) is 19.1. The summed E-state index contributed by atoms with van der Waals surface area (Å²) in [5.74, 6) is -0.484. The number of aromatic nitrogens is 2. The highest BCUT2D eigenvalue weighted by atomic mass is 35.5. The smallest absolute Gasteiger partial charge is 0.338 e. The minimum atomic E-state index is -0.669. The number of esters is 1. The maximum Gasteiger partial charge on any atom is 0.338 e. The van der Waals surface area contributed by atoms with E-state index >= 15 is 0 Å². The van der Waals surface area contributed by atoms with Gasteiger partial charge in [-0.2, -0.15) is 0 Å². The molecule has 5 rings (SSSR count). The molecule has 0 unspecified atom stereocenters. The molecule has 1 aliphatic rings. The van der Waals surface area contributed by atoms with Crippen molar-refractivity contribution in [3.05, 3.63) is 113 Å². The van der Waals surface area contributed by atoms with Crippen LogP contribution >= 0.6 is 22.9 Å². The third-order valence-corrected chi connectivity index (χ3v) is 8.32. The number of carbonyl (C=O) groups is 1. The highest BCUT2D eigenvalue weighted by molar-refractivity contribution is 7.07. The molecule has 2 aromatic heterocycles. The van der Waals surface area contributed by atoms with Crippen molar-refractivity contribution in [1.29, 1.82) is 0 Å². The summed E-state index contributed by atoms with van der Waals surface area (Å²) in [6.07, 6.45) is 1.92. The molecule has 206 valence electrons. The number of carbonyl (C=O) groups excluding carboxylic acids is 1. The molecule has 9 heteroatoms. The third kappa shape index (κ3) is 4.93. The minimum Gasteiger partial charge on any atom is -0.463 e. The minimum absolute atomic E-state index is 0.210. The van der Waals surface area contributed by atoms with E-state index in [9.17, 15) is 9.59 Å². The number of aryl methyl sites for hydroxylation is 1. The quantitative estimate of drug-likeness (QED) is 0.306. The fourth-order valence-electron chi connectivity index (χ4n) is 5.12. The number of hydrogen-bond acceptors (Lipinski definition) is 6. The van der Waals surface area contributed by atoms with Gasteiger partial charge in [0.05, 0.1) is 28.5 Å². The van der Waals surface area contributed by atoms with Crippen LogP contribution in [-0.2, 0) is 9.53 Å². The van der Waals surface area contributed by atoms with E-state index < -0.39 is 12.0 Å². The molecule has 1 atom stereocenters. The Kier molecular flexibility index (Phi) is 7.57. The fraction of sp³-hybridized carbons (Fsp3) is 0.258. The molecule has 0 N–H and O–H groups in total. The lowest BCUT2D eigenvalue weighted by atomic mass is 9.96. The number of thiazole rings is 1. The lowest BCUT2D eigenvalue weighted by Crippen LogP contribution is -2.39. The van der Waals surface area contributed by atoms with Crippen molar-refractivity contribution in [3.63, 3.8) is 0 Å². The first-order valence-electron chi connectivity index (χ1n) is 13.0. The first kappa shape index (κ1) is 27.7. The number of nitrogens with zero attached hydrogens (tertiary/aromatic N) is 4. The van der Waals surface area contributed by atoms with Crippen LogP contribution < -0.4 is 19.8 Å². The van der Waals surface area contributed by atoms with Crippen LogP contribution in [0.15, 0.2) is 75.7 Å². The number of rotatable bonds is 6. The standard InChI is InChI=1S/C31H31ClN4O3S/c1-7-39-30(38)27-19(3)33-31-36(28(27)21-8-10-23(32)11-9-21)29(37)26(40-31)17-22-16-18(2)35(20(22)4)25-14-12-24(13-15-25)34(5)6/h8-17,28H,7H2,1-6H3/b26-17+/t28-/m1/s1. The molecule has 7 nitrogen and oxygen atoms in total. The highest BCUT2D eigenvalue weighted by Gasteiger charge is 2.33. The van der Waals surface area contributed by atoms with Gasteiger partial charge in [0.25, 0.3) is 5.56 Å². The van der Waals surface area contributed by atoms with Gasteiger partial charge in [0.1, 0.15) is 0 Å². The molecule has 40 heavy (non-hydrogen) atoms. The lowest BCUT2D eigenvalue weighted by Gasteiger charge is -2.24. The second-order valence-electron chi connectivity index (χ2n) is 9.93. The number of halogens is 1. The molecule has 2 aromatic carbocycles. The average molecular weight is 575 g/mol. The van der Waals surface area contributed by atoms with E-state index in [1.807, 2.05) is 32.3 Å². The Bertz CT molecular complexity index is 1810. The van der Waals surface area contributed by atoms with Gasteiger partial charge in [0.15, 0.2) is 4.80 Å². The van der Waals surface area contributed by atoms with E-state index in [4.69, 9.17) is 16.3 Å². The van der Waals surface area contributed by atoms with Crippen LogP contribution in [0.1, 0.15) is 42.4 Å². The van der Waals surface area contributed by atoms with E-state index in [0.717, 1.165) is 33.9 Å². The Morgan fingerprint density at radius 1 is 1.10 bits per heavy atom. The van der Waals surface area contributed by atoms with Crippen LogP contribution in [0.2, 0.25) is 5.02 Å². The topological polar surface area (TPSA) is 68.8 Å². The predicted octanol–water partition coefficient (Wildman–Crippen LogP) is 4.93. The van der Waals surface area contributed by atoms with Crippen molar-refractivity contribution in [2.24, 2.45) is 4.99 Å². The maximum absolute atomic E-state index is 13.9. The molecule has 0 saturated heterocycles. The van der Waals surface area contributed by atoms with Gasteiger partial charge in [-0.3, -0.25) is 9.36 Å². The second kappa shape index (κ2) is 10.9. The zero-order valence-corrected chi connectivity index (χ0v) is 24.9. The van der Waals surface area contributed by atoms with Crippen molar-refractivity contribution in [2.75, 3.05) is 25.6 Å². The zero-order valence-electron chi connectivity index (χ0n) is 23.4. The molecule has 4 aromatic rings. The summed E-state index contributed by atoms with van der Waals surface area (Å²) in [7, 11) is 4.04. The number of fused-ring (bicyclic) bond motifs is 1. The van der Waals surface area contributed by atoms with Gasteiger partial charge in [0.2, 0.25) is 0 Å². The van der Waals surface area contributed by atoms with Crippen molar-refractivity contribution >= 4 is 40.7 Å². The van der Waals surface area contributed by atoms with E-state index in [2.05, 4.69) is 58.6 Å². The van der Waals surface area contributed by atoms with Crippen molar-refractivity contribution in [1.82, 2.24) is 9.13 Å². The van der Waals surface area contributed by atoms with Crippen LogP contribution in [0.4, 0.5) is 5.69 Å². The first-order valence-corrected chi connectivity index (χ1v) is 14.2. The largest absolute Gasteiger partial charge is 0.463 e. The summed E-state index contributed by atoms with van der Waals surface area (Å²) in [5.41, 5.74) is 6.65. The summed E-state index contributed by atoms with van der Waals surface area (Å²) in [4.78, 5) is 34.3. The van der Waals surface area contributed by atoms with Crippen LogP contribution in [0.5, 0.6) is 0 Å². The molecule has 0 fully saturated rings. The van der Waals surface area contributed by atoms with Gasteiger partial charge in [-0.05, 0) is 87.4 Å². The number of ether oxygens (including phenoxy) is 1. The molecular weight excluding hydrogens is 544 g/mol. The summed E-state index contributed by atoms with van der Waals surface area (Å²) in [6, 6.07) is 17.0. The predicted molar refractivity (Wildman–Crippen MR) is 161 cm³/mol. The lowest BCUT2D eigenvalue weighted by molar-refractivity contribution is -0.139. The summed E-state index contributed by atoms with van der Waals surface area (Å²) < 4.78 is 9.69. The van der Waals surface area contributed by atoms with Gasteiger partial charge in [-0.1, -0.05) is 35.1 Å². The van der Waals surface area contributed by atoms with Crippen molar-refractivity contribution < 1.29 is 9.53 Å². The normalized spacial score (nSPS) is 15.2. The van der Waals surface area contributed by atoms with Crippen LogP contribution in [0, 0.1) is 13.8 Å². The summed E-state index contributed by atoms with van der Waals surface area (Å²) >= 11 is 7.47. The molecule has 0 bridgehead atoms. The molecule has 0 amide bonds. The molecule has 0 radical (unpaired) electrons. The number of anilines is 1. The van der Waals surface area contributed by atoms with Gasteiger partial charge in [0, 0.05) is 41.9 Å². The fourth-order valence-corrected chi connectivity index (χ4v) is 6.29. The molecule has 0 aliphatic carbocycles. The highest BCUT2D eigenvalue weighted by Crippen LogP contribution is 2.31. The van der Waals surface area contributed by atoms with Gasteiger partial charge in [-0.15, -0.1) is 0 Å². The summed E-state index contributed by atoms with van der Waals surface area (Å²) in [5, 5.41) is 0.571. The van der Waals surface area contributed by atoms with Crippen LogP contribution in [-0.4, -0.2) is 35.8 Å². The average Bonchev–Trinajstić information content (AvgIpc) is 3.37. The molecular formula is C31H31ClN4O3S. The van der Waals surface area contributed by atoms with E-state index in [1.165, 1.54) is 11.3 Å². The van der Waals surface area contributed by atoms with Crippen LogP contribution in [0.25, 0.3) is 11.8 Å². The van der Waals surface area contributed by atoms with Crippen LogP contribution in [0.3, 0.4) is 0 Å². The van der Waals surface area contributed by atoms with Crippen molar-refractivity contribution in [2.45, 2.75) is 33.7 Å². The Balaban J connectivity index is 1.65. The second-order valence-corrected chi connectivity index (χ2v) is 11.4. The molecule has 0 spiro atoms. The van der Waals surface area contributed by atoms with E-state index in [-0.39, 0.29) is 12.2 Å². The number of allylic oxidation sites excluding steroid dienone is 1. The van der Waals surface area contributed by atoms with Gasteiger partial charge in [-0.25, -0.2) is 9.79 Å². The molecule has 1 aliphatic heterocycles. The summed E-state index contributed by atoms with van der Waals surface area (Å²) in [6.45, 7) is 7.87. The SMILES string of the molecule is CCOC(=O)C1=C(C)N=c2s/c(=C/c3cc(C)n(-c4ccc(N(C)C)cc4)c3C)c(=O)n2[C@@H]1c1ccc(Cl)cc1. The number of benzene rings is 2. The zero-order chi connectivity index (χ0) is 28.7. The maximum atomic E-state index is 13.9. The van der Waals surface area contributed by atoms with Gasteiger partial charge < -0.3 is 14.2 Å². The Hall–Kier alpha value is -3.88. The number of hydrogen-bond donors (Lipinski definition) is 0. The van der Waals surface area contributed by atoms with E-state index in [0.29, 0.717) is 25.6 Å². The Morgan fingerprint density at radius 2 is 1.77 bits per heavy atom. The molecule has 0 saturated carbocycles. The Morgan fingerprint density at radius 3 is 2.40 bits per heavy atom. The van der Waals surface area contributed by atoms with Crippen molar-refractivity contribution in [3.8, 4) is 5.69 Å². The third-order valence-electron chi connectivity index (χ3n) is 7.08. The van der Waals surface area contributed by atoms with E-state index in [1.54, 1.807) is 30.5 Å². The van der Waals surface area contributed by atoms with Gasteiger partial charge >= 0.3 is 5.97 Å².